The van der Waals surface area contributed by atoms with E-state index in [0.29, 0.717) is 5.06 Å². The van der Waals surface area contributed by atoms with Crippen molar-refractivity contribution in [3.8, 4) is 0 Å². The Bertz CT molecular complexity index is 319. The van der Waals surface area contributed by atoms with E-state index in [2.05, 4.69) is 13.9 Å². The number of carbonyl (C=O) groups excluding carboxylic acids is 3. The second kappa shape index (κ2) is 7.14. The Labute approximate surface area is 108 Å². The van der Waals surface area contributed by atoms with Crippen LogP contribution in [0.15, 0.2) is 0 Å². The van der Waals surface area contributed by atoms with Gasteiger partial charge < -0.3 is 9.47 Å². The Hall–Kier alpha value is -1.38. The summed E-state index contributed by atoms with van der Waals surface area (Å²) in [5.74, 6) is -1.17. The number of carbonyl (C=O) groups is 3. The van der Waals surface area contributed by atoms with Crippen LogP contribution in [0, 0.1) is 0 Å². The van der Waals surface area contributed by atoms with Crippen molar-refractivity contribution in [1.82, 2.24) is 5.06 Å². The van der Waals surface area contributed by atoms with Crippen LogP contribution in [0.4, 0.5) is 4.79 Å². The van der Waals surface area contributed by atoms with Gasteiger partial charge in [-0.05, 0) is 0 Å². The summed E-state index contributed by atoms with van der Waals surface area (Å²) in [7, 11) is 1.42. The molecule has 1 aliphatic heterocycles. The standard InChI is InChI=1S/C9H12ClNO7/c1-15-4-6(17-10)5-16-9(14)18-11-7(12)2-3-8(11)13/h6H,2-5H2,1H3/t6-/m1/s1. The Morgan fingerprint density at radius 3 is 2.44 bits per heavy atom. The molecule has 2 amide bonds. The van der Waals surface area contributed by atoms with Gasteiger partial charge in [0.1, 0.15) is 12.7 Å². The zero-order chi connectivity index (χ0) is 13.5. The van der Waals surface area contributed by atoms with Crippen molar-refractivity contribution in [2.24, 2.45) is 0 Å². The molecule has 0 spiro atoms. The Morgan fingerprint density at radius 2 is 1.94 bits per heavy atom. The van der Waals surface area contributed by atoms with Crippen LogP contribution in [-0.2, 0) is 28.2 Å². The second-order valence-corrected chi connectivity index (χ2v) is 3.58. The highest BCUT2D eigenvalue weighted by atomic mass is 35.5. The van der Waals surface area contributed by atoms with Gasteiger partial charge in [-0.3, -0.25) is 18.7 Å². The summed E-state index contributed by atoms with van der Waals surface area (Å²) in [6.07, 6.45) is -1.82. The number of hydroxylamine groups is 2. The van der Waals surface area contributed by atoms with E-state index in [1.54, 1.807) is 0 Å². The number of halogens is 1. The quantitative estimate of drug-likeness (QED) is 0.513. The molecule has 0 N–H and O–H groups in total. The lowest BCUT2D eigenvalue weighted by molar-refractivity contribution is -0.177. The average molecular weight is 282 g/mol. The summed E-state index contributed by atoms with van der Waals surface area (Å²) in [6.45, 7) is -0.120. The Morgan fingerprint density at radius 1 is 1.33 bits per heavy atom. The van der Waals surface area contributed by atoms with E-state index < -0.39 is 24.1 Å². The molecule has 1 aliphatic rings. The average Bonchev–Trinajstić information content (AvgIpc) is 2.66. The fourth-order valence-electron chi connectivity index (χ4n) is 1.21. The highest BCUT2D eigenvalue weighted by Gasteiger charge is 2.33. The van der Waals surface area contributed by atoms with Crippen LogP contribution in [-0.4, -0.2) is 49.5 Å². The number of hydrogen-bond acceptors (Lipinski definition) is 7. The Balaban J connectivity index is 2.33. The molecule has 1 saturated heterocycles. The molecule has 1 heterocycles. The first-order chi connectivity index (χ1) is 8.58. The first kappa shape index (κ1) is 14.7. The van der Waals surface area contributed by atoms with E-state index in [-0.39, 0.29) is 26.1 Å². The fourth-order valence-corrected chi connectivity index (χ4v) is 1.31. The number of nitrogens with zero attached hydrogens (tertiary/aromatic N) is 1. The number of amides is 2. The van der Waals surface area contributed by atoms with Gasteiger partial charge in [0, 0.05) is 20.0 Å². The third-order valence-corrected chi connectivity index (χ3v) is 2.29. The van der Waals surface area contributed by atoms with E-state index >= 15 is 0 Å². The lowest BCUT2D eigenvalue weighted by atomic mass is 10.4. The number of methoxy groups -OCH3 is 1. The first-order valence-electron chi connectivity index (χ1n) is 5.05. The van der Waals surface area contributed by atoms with Gasteiger partial charge in [0.05, 0.1) is 18.5 Å². The highest BCUT2D eigenvalue weighted by molar-refractivity contribution is 6.07. The molecule has 0 aromatic heterocycles. The molecular weight excluding hydrogens is 270 g/mol. The molecule has 0 radical (unpaired) electrons. The summed E-state index contributed by atoms with van der Waals surface area (Å²) in [5, 5.41) is 0.384. The molecule has 0 bridgehead atoms. The SMILES string of the molecule is COC[C@H](COC(=O)ON1C(=O)CCC1=O)OCl. The molecule has 102 valence electrons. The minimum absolute atomic E-state index is 0.0171. The minimum atomic E-state index is -1.19. The summed E-state index contributed by atoms with van der Waals surface area (Å²) in [4.78, 5) is 37.9. The Kier molecular flexibility index (Phi) is 5.83. The first-order valence-corrected chi connectivity index (χ1v) is 5.36. The van der Waals surface area contributed by atoms with Crippen molar-refractivity contribution in [1.29, 1.82) is 0 Å². The molecule has 1 atom stereocenters. The third-order valence-electron chi connectivity index (χ3n) is 2.04. The number of ether oxygens (including phenoxy) is 2. The van der Waals surface area contributed by atoms with Crippen LogP contribution in [0.1, 0.15) is 12.8 Å². The molecule has 9 heteroatoms. The van der Waals surface area contributed by atoms with Gasteiger partial charge in [-0.1, -0.05) is 5.06 Å². The van der Waals surface area contributed by atoms with Crippen LogP contribution in [0.3, 0.4) is 0 Å². The monoisotopic (exact) mass is 281 g/mol. The maximum atomic E-state index is 11.2. The van der Waals surface area contributed by atoms with Crippen LogP contribution in [0.25, 0.3) is 0 Å². The van der Waals surface area contributed by atoms with Crippen molar-refractivity contribution in [3.63, 3.8) is 0 Å². The molecule has 0 aromatic carbocycles. The van der Waals surface area contributed by atoms with E-state index in [0.717, 1.165) is 0 Å². The van der Waals surface area contributed by atoms with E-state index in [4.69, 9.17) is 16.6 Å². The second-order valence-electron chi connectivity index (χ2n) is 3.40. The third kappa shape index (κ3) is 4.13. The van der Waals surface area contributed by atoms with Crippen molar-refractivity contribution >= 4 is 29.8 Å². The lowest BCUT2D eigenvalue weighted by Gasteiger charge is -2.15. The molecule has 8 nitrogen and oxygen atoms in total. The van der Waals surface area contributed by atoms with E-state index in [1.165, 1.54) is 7.11 Å². The normalized spacial score (nSPS) is 16.9. The fraction of sp³-hybridized carbons (Fsp3) is 0.667. The maximum Gasteiger partial charge on any atom is 0.534 e. The maximum absolute atomic E-state index is 11.2. The molecule has 0 unspecified atom stereocenters. The summed E-state index contributed by atoms with van der Waals surface area (Å²) < 4.78 is 13.8. The highest BCUT2D eigenvalue weighted by Crippen LogP contribution is 2.12. The molecule has 1 fully saturated rings. The zero-order valence-electron chi connectivity index (χ0n) is 9.59. The van der Waals surface area contributed by atoms with E-state index in [1.807, 2.05) is 0 Å². The van der Waals surface area contributed by atoms with Crippen LogP contribution in [0.5, 0.6) is 0 Å². The lowest BCUT2D eigenvalue weighted by Crippen LogP contribution is -2.33. The minimum Gasteiger partial charge on any atom is -0.430 e. The van der Waals surface area contributed by atoms with Gasteiger partial charge in [-0.2, -0.15) is 0 Å². The molecule has 0 aliphatic carbocycles. The van der Waals surface area contributed by atoms with Gasteiger partial charge in [0.25, 0.3) is 11.8 Å². The van der Waals surface area contributed by atoms with Crippen molar-refractivity contribution in [2.45, 2.75) is 18.9 Å². The van der Waals surface area contributed by atoms with Gasteiger partial charge >= 0.3 is 6.16 Å². The molecular formula is C9H12ClNO7. The predicted molar refractivity (Wildman–Crippen MR) is 56.1 cm³/mol. The van der Waals surface area contributed by atoms with Gasteiger partial charge in [-0.25, -0.2) is 4.79 Å². The smallest absolute Gasteiger partial charge is 0.430 e. The molecule has 0 saturated carbocycles. The van der Waals surface area contributed by atoms with Crippen molar-refractivity contribution in [3.05, 3.63) is 0 Å². The van der Waals surface area contributed by atoms with Crippen molar-refractivity contribution in [2.75, 3.05) is 20.3 Å². The summed E-state index contributed by atoms with van der Waals surface area (Å²) >= 11 is 5.12. The predicted octanol–water partition coefficient (Wildman–Crippen LogP) is 0.389. The molecule has 18 heavy (non-hydrogen) atoms. The van der Waals surface area contributed by atoms with E-state index in [9.17, 15) is 14.4 Å². The molecule has 0 aromatic rings. The van der Waals surface area contributed by atoms with Gasteiger partial charge in [0.15, 0.2) is 0 Å². The van der Waals surface area contributed by atoms with Crippen molar-refractivity contribution < 1.29 is 33.0 Å². The summed E-state index contributed by atoms with van der Waals surface area (Å²) in [5.41, 5.74) is 0. The van der Waals surface area contributed by atoms with Gasteiger partial charge in [0.2, 0.25) is 0 Å². The molecule has 1 rings (SSSR count). The van der Waals surface area contributed by atoms with Crippen LogP contribution in [0.2, 0.25) is 0 Å². The number of imide groups is 1. The largest absolute Gasteiger partial charge is 0.534 e. The zero-order valence-corrected chi connectivity index (χ0v) is 10.3. The topological polar surface area (TPSA) is 91.4 Å². The number of hydrogen-bond donors (Lipinski definition) is 0. The van der Waals surface area contributed by atoms with Crippen LogP contribution >= 0.6 is 11.9 Å². The van der Waals surface area contributed by atoms with Gasteiger partial charge in [-0.15, -0.1) is 0 Å². The van der Waals surface area contributed by atoms with Crippen LogP contribution < -0.4 is 0 Å². The number of rotatable bonds is 6. The summed E-state index contributed by atoms with van der Waals surface area (Å²) in [6, 6.07) is 0.